The summed E-state index contributed by atoms with van der Waals surface area (Å²) in [5.41, 5.74) is 1.48. The largest absolute Gasteiger partial charge is 0.382 e. The van der Waals surface area contributed by atoms with E-state index in [0.717, 1.165) is 5.92 Å². The summed E-state index contributed by atoms with van der Waals surface area (Å²) in [6, 6.07) is 0. The lowest BCUT2D eigenvalue weighted by atomic mass is 9.79. The first-order chi connectivity index (χ1) is 4.97. The minimum absolute atomic E-state index is 0.859. The van der Waals surface area contributed by atoms with Crippen molar-refractivity contribution in [3.8, 4) is 0 Å². The molecule has 0 unspecified atom stereocenters. The summed E-state index contributed by atoms with van der Waals surface area (Å²) >= 11 is 0. The topological polar surface area (TPSA) is 12.0 Å². The van der Waals surface area contributed by atoms with Gasteiger partial charge >= 0.3 is 0 Å². The first-order valence-electron chi connectivity index (χ1n) is 3.93. The molecule has 0 aromatic carbocycles. The van der Waals surface area contributed by atoms with Gasteiger partial charge in [-0.3, -0.25) is 0 Å². The van der Waals surface area contributed by atoms with Gasteiger partial charge in [0, 0.05) is 0 Å². The van der Waals surface area contributed by atoms with Crippen molar-refractivity contribution < 1.29 is 0 Å². The first kappa shape index (κ1) is 6.02. The Morgan fingerprint density at radius 1 is 1.40 bits per heavy atom. The molecule has 1 aliphatic heterocycles. The van der Waals surface area contributed by atoms with Crippen LogP contribution in [0.4, 0.5) is 0 Å². The van der Waals surface area contributed by atoms with Crippen molar-refractivity contribution in [1.82, 2.24) is 5.32 Å². The molecule has 0 saturated heterocycles. The molecule has 0 aromatic heterocycles. The van der Waals surface area contributed by atoms with Crippen LogP contribution in [0.2, 0.25) is 0 Å². The molecule has 0 amide bonds. The monoisotopic (exact) mass is 134 g/mol. The van der Waals surface area contributed by atoms with Crippen molar-refractivity contribution in [2.24, 2.45) is 5.92 Å². The molecule has 2 rings (SSSR count). The Hall–Kier alpha value is -0.720. The van der Waals surface area contributed by atoms with E-state index in [1.54, 1.807) is 0 Å². The fourth-order valence-corrected chi connectivity index (χ4v) is 1.40. The Morgan fingerprint density at radius 2 is 2.30 bits per heavy atom. The lowest BCUT2D eigenvalue weighted by molar-refractivity contribution is 0.368. The predicted octanol–water partition coefficient (Wildman–Crippen LogP) is 1.99. The molecule has 1 N–H and O–H groups in total. The van der Waals surface area contributed by atoms with Gasteiger partial charge in [0.1, 0.15) is 0 Å². The maximum Gasteiger partial charge on any atom is 0.0714 e. The molecule has 1 heterocycles. The fraction of sp³-hybridized carbons (Fsp3) is 0.444. The van der Waals surface area contributed by atoms with E-state index in [2.05, 4.69) is 24.0 Å². The molecule has 1 saturated carbocycles. The molecule has 53 valence electrons. The van der Waals surface area contributed by atoms with Crippen molar-refractivity contribution in [2.45, 2.75) is 19.3 Å². The molecular weight excluding hydrogens is 122 g/mol. The maximum absolute atomic E-state index is 3.11. The molecule has 10 heavy (non-hydrogen) atoms. The molecule has 1 radical (unpaired) electrons. The van der Waals surface area contributed by atoms with Crippen LogP contribution in [0, 0.1) is 12.5 Å². The standard InChI is InChI=1S/C9H12N/c1-3-8(4-1)9-5-2-6-10-7-9/h2,5-8,10H,1,3-4H2. The third-order valence-electron chi connectivity index (χ3n) is 2.31. The van der Waals surface area contributed by atoms with Crippen molar-refractivity contribution in [3.05, 3.63) is 30.5 Å². The van der Waals surface area contributed by atoms with E-state index in [9.17, 15) is 0 Å². The van der Waals surface area contributed by atoms with Gasteiger partial charge in [0.05, 0.1) is 6.54 Å². The molecule has 0 aromatic rings. The van der Waals surface area contributed by atoms with Crippen LogP contribution in [-0.2, 0) is 0 Å². The average molecular weight is 134 g/mol. The number of nitrogens with one attached hydrogen (secondary N) is 1. The third-order valence-corrected chi connectivity index (χ3v) is 2.31. The highest BCUT2D eigenvalue weighted by atomic mass is 14.8. The van der Waals surface area contributed by atoms with Gasteiger partial charge in [-0.05, 0) is 36.6 Å². The molecule has 1 aliphatic carbocycles. The highest BCUT2D eigenvalue weighted by molar-refractivity contribution is 5.27. The van der Waals surface area contributed by atoms with Gasteiger partial charge in [-0.1, -0.05) is 12.5 Å². The zero-order chi connectivity index (χ0) is 6.81. The van der Waals surface area contributed by atoms with Gasteiger partial charge in [-0.25, -0.2) is 0 Å². The quantitative estimate of drug-likeness (QED) is 0.578. The zero-order valence-electron chi connectivity index (χ0n) is 6.01. The Balaban J connectivity index is 2.01. The molecule has 0 spiro atoms. The van der Waals surface area contributed by atoms with Crippen molar-refractivity contribution in [2.75, 3.05) is 0 Å². The second kappa shape index (κ2) is 2.49. The molecule has 0 atom stereocenters. The van der Waals surface area contributed by atoms with Crippen LogP contribution in [0.1, 0.15) is 19.3 Å². The number of rotatable bonds is 1. The van der Waals surface area contributed by atoms with Crippen LogP contribution in [0.15, 0.2) is 23.9 Å². The summed E-state index contributed by atoms with van der Waals surface area (Å²) < 4.78 is 0. The Morgan fingerprint density at radius 3 is 2.80 bits per heavy atom. The van der Waals surface area contributed by atoms with E-state index in [0.29, 0.717) is 0 Å². The predicted molar refractivity (Wildman–Crippen MR) is 42.0 cm³/mol. The van der Waals surface area contributed by atoms with Gasteiger partial charge in [-0.2, -0.15) is 0 Å². The Kier molecular flexibility index (Phi) is 1.50. The molecule has 2 aliphatic rings. The summed E-state index contributed by atoms with van der Waals surface area (Å²) in [6.07, 6.45) is 10.4. The van der Waals surface area contributed by atoms with Crippen LogP contribution in [0.3, 0.4) is 0 Å². The maximum atomic E-state index is 3.11. The van der Waals surface area contributed by atoms with E-state index in [1.807, 2.05) is 6.20 Å². The Labute approximate surface area is 61.8 Å². The molecule has 1 fully saturated rings. The summed E-state index contributed by atoms with van der Waals surface area (Å²) in [4.78, 5) is 0. The number of allylic oxidation sites excluding steroid dienone is 2. The molecule has 0 bridgehead atoms. The zero-order valence-corrected chi connectivity index (χ0v) is 6.01. The van der Waals surface area contributed by atoms with Crippen LogP contribution in [-0.4, -0.2) is 0 Å². The second-order valence-corrected chi connectivity index (χ2v) is 2.96. The van der Waals surface area contributed by atoms with Gasteiger partial charge in [0.25, 0.3) is 0 Å². The highest BCUT2D eigenvalue weighted by Crippen LogP contribution is 2.34. The molecule has 1 nitrogen and oxygen atoms in total. The van der Waals surface area contributed by atoms with Crippen molar-refractivity contribution in [3.63, 3.8) is 0 Å². The van der Waals surface area contributed by atoms with Gasteiger partial charge in [-0.15, -0.1) is 0 Å². The highest BCUT2D eigenvalue weighted by Gasteiger charge is 2.21. The smallest absolute Gasteiger partial charge is 0.0714 e. The summed E-state index contributed by atoms with van der Waals surface area (Å²) in [7, 11) is 0. The van der Waals surface area contributed by atoms with Gasteiger partial charge in [0.2, 0.25) is 0 Å². The van der Waals surface area contributed by atoms with Crippen molar-refractivity contribution in [1.29, 1.82) is 0 Å². The number of dihydropyridines is 1. The SMILES string of the molecule is [CH]1NC=CC=C1C1CCC1. The third kappa shape index (κ3) is 0.962. The normalized spacial score (nSPS) is 25.0. The summed E-state index contributed by atoms with van der Waals surface area (Å²) in [6.45, 7) is 2.11. The minimum atomic E-state index is 0.859. The van der Waals surface area contributed by atoms with E-state index in [-0.39, 0.29) is 0 Å². The number of hydrogen-bond donors (Lipinski definition) is 1. The molecule has 1 heteroatoms. The lowest BCUT2D eigenvalue weighted by Gasteiger charge is -2.28. The van der Waals surface area contributed by atoms with Crippen LogP contribution < -0.4 is 5.32 Å². The fourth-order valence-electron chi connectivity index (χ4n) is 1.40. The average Bonchev–Trinajstić information content (AvgIpc) is 1.86. The van der Waals surface area contributed by atoms with E-state index in [1.165, 1.54) is 24.8 Å². The Bertz CT molecular complexity index is 175. The van der Waals surface area contributed by atoms with Crippen LogP contribution in [0.25, 0.3) is 0 Å². The van der Waals surface area contributed by atoms with Gasteiger partial charge in [0.15, 0.2) is 0 Å². The van der Waals surface area contributed by atoms with E-state index in [4.69, 9.17) is 0 Å². The summed E-state index contributed by atoms with van der Waals surface area (Å²) in [5, 5.41) is 3.11. The second-order valence-electron chi connectivity index (χ2n) is 2.96. The summed E-state index contributed by atoms with van der Waals surface area (Å²) in [5.74, 6) is 0.859. The minimum Gasteiger partial charge on any atom is -0.382 e. The lowest BCUT2D eigenvalue weighted by Crippen LogP contribution is -2.19. The van der Waals surface area contributed by atoms with Crippen molar-refractivity contribution >= 4 is 0 Å². The van der Waals surface area contributed by atoms with E-state index >= 15 is 0 Å². The number of hydrogen-bond acceptors (Lipinski definition) is 1. The van der Waals surface area contributed by atoms with Crippen LogP contribution >= 0.6 is 0 Å². The first-order valence-corrected chi connectivity index (χ1v) is 3.93. The van der Waals surface area contributed by atoms with Crippen LogP contribution in [0.5, 0.6) is 0 Å². The molecular formula is C9H12N. The van der Waals surface area contributed by atoms with Gasteiger partial charge < -0.3 is 5.32 Å². The van der Waals surface area contributed by atoms with E-state index < -0.39 is 0 Å².